The molecule has 1 aromatic carbocycles. The molecule has 1 aromatic rings. The molecule has 0 fully saturated rings. The lowest BCUT2D eigenvalue weighted by atomic mass is 9.83. The normalized spacial score (nSPS) is 16.2. The number of ether oxygens (including phenoxy) is 1. The third kappa shape index (κ3) is 2.33. The summed E-state index contributed by atoms with van der Waals surface area (Å²) in [6, 6.07) is 3.97. The Morgan fingerprint density at radius 3 is 2.75 bits per heavy atom. The number of fused-ring (bicyclic) bond motifs is 1. The van der Waals surface area contributed by atoms with Crippen LogP contribution in [0.5, 0.6) is 5.75 Å². The Labute approximate surface area is 102 Å². The molecule has 0 amide bonds. The lowest BCUT2D eigenvalue weighted by Crippen LogP contribution is -2.19. The second-order valence-electron chi connectivity index (χ2n) is 5.21. The Balaban J connectivity index is 2.55. The van der Waals surface area contributed by atoms with E-state index in [0.717, 1.165) is 23.9 Å². The quantitative estimate of drug-likeness (QED) is 0.751. The van der Waals surface area contributed by atoms with Gasteiger partial charge < -0.3 is 10.1 Å². The molecule has 16 heavy (non-hydrogen) atoms. The van der Waals surface area contributed by atoms with Crippen molar-refractivity contribution in [1.29, 1.82) is 0 Å². The van der Waals surface area contributed by atoms with E-state index >= 15 is 0 Å². The molecular formula is C13H18ClNO. The van der Waals surface area contributed by atoms with Crippen LogP contribution in [-0.2, 0) is 12.0 Å². The van der Waals surface area contributed by atoms with Crippen molar-refractivity contribution in [3.63, 3.8) is 0 Å². The summed E-state index contributed by atoms with van der Waals surface area (Å²) in [5.41, 5.74) is 2.60. The number of hydrogen-bond donors (Lipinski definition) is 1. The van der Waals surface area contributed by atoms with Gasteiger partial charge in [-0.25, -0.2) is 0 Å². The van der Waals surface area contributed by atoms with E-state index in [2.05, 4.69) is 32.2 Å². The van der Waals surface area contributed by atoms with Crippen molar-refractivity contribution in [3.8, 4) is 5.75 Å². The summed E-state index contributed by atoms with van der Waals surface area (Å²) < 4.78 is 5.72. The Hall–Kier alpha value is -0.730. The SMILES string of the molecule is CC(C)(C)c1cc(Cl)cc2c1CNCCO2. The van der Waals surface area contributed by atoms with Crippen molar-refractivity contribution in [3.05, 3.63) is 28.3 Å². The lowest BCUT2D eigenvalue weighted by molar-refractivity contribution is 0.325. The lowest BCUT2D eigenvalue weighted by Gasteiger charge is -2.24. The highest BCUT2D eigenvalue weighted by molar-refractivity contribution is 6.30. The van der Waals surface area contributed by atoms with Crippen LogP contribution in [0.2, 0.25) is 5.02 Å². The molecule has 0 saturated carbocycles. The molecule has 1 heterocycles. The van der Waals surface area contributed by atoms with Crippen LogP contribution in [0.25, 0.3) is 0 Å². The zero-order valence-corrected chi connectivity index (χ0v) is 10.8. The van der Waals surface area contributed by atoms with Gasteiger partial charge in [0.1, 0.15) is 12.4 Å². The van der Waals surface area contributed by atoms with Gasteiger partial charge in [0.05, 0.1) is 0 Å². The van der Waals surface area contributed by atoms with E-state index in [9.17, 15) is 0 Å². The van der Waals surface area contributed by atoms with Gasteiger partial charge in [-0.15, -0.1) is 0 Å². The van der Waals surface area contributed by atoms with Gasteiger partial charge in [0.2, 0.25) is 0 Å². The van der Waals surface area contributed by atoms with Crippen LogP contribution >= 0.6 is 11.6 Å². The molecule has 0 saturated heterocycles. The van der Waals surface area contributed by atoms with Crippen molar-refractivity contribution < 1.29 is 4.74 Å². The standard InChI is InChI=1S/C13H18ClNO/c1-13(2,3)11-6-9(14)7-12-10(11)8-15-4-5-16-12/h6-7,15H,4-5,8H2,1-3H3. The van der Waals surface area contributed by atoms with Crippen molar-refractivity contribution >= 4 is 11.6 Å². The second kappa shape index (κ2) is 4.27. The van der Waals surface area contributed by atoms with Crippen LogP contribution < -0.4 is 10.1 Å². The second-order valence-corrected chi connectivity index (χ2v) is 5.64. The number of halogens is 1. The molecule has 1 aliphatic rings. The fourth-order valence-corrected chi connectivity index (χ4v) is 2.25. The minimum Gasteiger partial charge on any atom is -0.492 e. The van der Waals surface area contributed by atoms with Gasteiger partial charge in [0.25, 0.3) is 0 Å². The molecule has 2 rings (SSSR count). The van der Waals surface area contributed by atoms with Crippen LogP contribution in [0, 0.1) is 0 Å². The summed E-state index contributed by atoms with van der Waals surface area (Å²) in [6.07, 6.45) is 0. The summed E-state index contributed by atoms with van der Waals surface area (Å²) in [6.45, 7) is 9.05. The molecule has 2 nitrogen and oxygen atoms in total. The van der Waals surface area contributed by atoms with Crippen molar-refractivity contribution in [1.82, 2.24) is 5.32 Å². The van der Waals surface area contributed by atoms with Gasteiger partial charge in [-0.05, 0) is 23.1 Å². The van der Waals surface area contributed by atoms with E-state index in [1.165, 1.54) is 11.1 Å². The van der Waals surface area contributed by atoms with Gasteiger partial charge in [-0.3, -0.25) is 0 Å². The molecule has 0 spiro atoms. The first-order valence-electron chi connectivity index (χ1n) is 5.65. The van der Waals surface area contributed by atoms with E-state index in [0.29, 0.717) is 6.61 Å². The number of rotatable bonds is 0. The first kappa shape index (κ1) is 11.7. The highest BCUT2D eigenvalue weighted by atomic mass is 35.5. The zero-order chi connectivity index (χ0) is 11.8. The van der Waals surface area contributed by atoms with Gasteiger partial charge in [0.15, 0.2) is 0 Å². The topological polar surface area (TPSA) is 21.3 Å². The average Bonchev–Trinajstić information content (AvgIpc) is 2.39. The fraction of sp³-hybridized carbons (Fsp3) is 0.538. The van der Waals surface area contributed by atoms with E-state index in [1.807, 2.05) is 6.07 Å². The minimum atomic E-state index is 0.0877. The predicted octanol–water partition coefficient (Wildman–Crippen LogP) is 3.12. The molecule has 3 heteroatoms. The maximum absolute atomic E-state index is 6.14. The molecule has 1 aliphatic heterocycles. The molecule has 0 bridgehead atoms. The van der Waals surface area contributed by atoms with Crippen molar-refractivity contribution in [2.24, 2.45) is 0 Å². The average molecular weight is 240 g/mol. The smallest absolute Gasteiger partial charge is 0.125 e. The fourth-order valence-electron chi connectivity index (χ4n) is 2.04. The van der Waals surface area contributed by atoms with Crippen LogP contribution in [-0.4, -0.2) is 13.2 Å². The van der Waals surface area contributed by atoms with Gasteiger partial charge >= 0.3 is 0 Å². The maximum Gasteiger partial charge on any atom is 0.125 e. The molecule has 0 aliphatic carbocycles. The molecule has 1 N–H and O–H groups in total. The highest BCUT2D eigenvalue weighted by Crippen LogP contribution is 2.35. The Bertz CT molecular complexity index is 396. The Morgan fingerprint density at radius 1 is 1.31 bits per heavy atom. The van der Waals surface area contributed by atoms with Crippen LogP contribution in [0.3, 0.4) is 0 Å². The summed E-state index contributed by atoms with van der Waals surface area (Å²) in [5.74, 6) is 0.933. The summed E-state index contributed by atoms with van der Waals surface area (Å²) in [5, 5.41) is 4.12. The first-order valence-corrected chi connectivity index (χ1v) is 6.03. The zero-order valence-electron chi connectivity index (χ0n) is 10.1. The predicted molar refractivity (Wildman–Crippen MR) is 67.4 cm³/mol. The van der Waals surface area contributed by atoms with Gasteiger partial charge in [-0.1, -0.05) is 32.4 Å². The van der Waals surface area contributed by atoms with E-state index < -0.39 is 0 Å². The summed E-state index contributed by atoms with van der Waals surface area (Å²) >= 11 is 6.14. The molecule has 88 valence electrons. The number of benzene rings is 1. The van der Waals surface area contributed by atoms with Crippen LogP contribution in [0.1, 0.15) is 31.9 Å². The Kier molecular flexibility index (Phi) is 3.13. The monoisotopic (exact) mass is 239 g/mol. The Morgan fingerprint density at radius 2 is 2.06 bits per heavy atom. The molecule has 0 atom stereocenters. The van der Waals surface area contributed by atoms with E-state index in [4.69, 9.17) is 16.3 Å². The maximum atomic E-state index is 6.14. The van der Waals surface area contributed by atoms with Gasteiger partial charge in [-0.2, -0.15) is 0 Å². The third-order valence-corrected chi connectivity index (χ3v) is 3.04. The minimum absolute atomic E-state index is 0.0877. The van der Waals surface area contributed by atoms with Crippen LogP contribution in [0.15, 0.2) is 12.1 Å². The van der Waals surface area contributed by atoms with E-state index in [1.54, 1.807) is 0 Å². The summed E-state index contributed by atoms with van der Waals surface area (Å²) in [7, 11) is 0. The van der Waals surface area contributed by atoms with Crippen molar-refractivity contribution in [2.75, 3.05) is 13.2 Å². The first-order chi connectivity index (χ1) is 7.48. The highest BCUT2D eigenvalue weighted by Gasteiger charge is 2.22. The van der Waals surface area contributed by atoms with Crippen LogP contribution in [0.4, 0.5) is 0 Å². The summed E-state index contributed by atoms with van der Waals surface area (Å²) in [4.78, 5) is 0. The largest absolute Gasteiger partial charge is 0.492 e. The number of nitrogens with one attached hydrogen (secondary N) is 1. The van der Waals surface area contributed by atoms with Gasteiger partial charge in [0, 0.05) is 23.7 Å². The third-order valence-electron chi connectivity index (χ3n) is 2.82. The molecule has 0 unspecified atom stereocenters. The van der Waals surface area contributed by atoms with Crippen molar-refractivity contribution in [2.45, 2.75) is 32.7 Å². The molecule has 0 aromatic heterocycles. The van der Waals surface area contributed by atoms with E-state index in [-0.39, 0.29) is 5.41 Å². The molecule has 0 radical (unpaired) electrons. The number of hydrogen-bond acceptors (Lipinski definition) is 2. The molecular weight excluding hydrogens is 222 g/mol.